The number of benzene rings is 1. The summed E-state index contributed by atoms with van der Waals surface area (Å²) in [5, 5.41) is 16.7. The molecule has 35 heavy (non-hydrogen) atoms. The summed E-state index contributed by atoms with van der Waals surface area (Å²) in [6, 6.07) is 7.90. The number of hydrogen-bond donors (Lipinski definition) is 3. The van der Waals surface area contributed by atoms with E-state index < -0.39 is 28.1 Å². The number of aryl methyl sites for hydroxylation is 1. The van der Waals surface area contributed by atoms with E-state index >= 15 is 0 Å². The Bertz CT molecular complexity index is 1100. The number of carboxylic acids is 2. The number of nitrogens with one attached hydrogen (secondary N) is 1. The van der Waals surface area contributed by atoms with E-state index in [1.54, 1.807) is 12.1 Å². The fraction of sp³-hybridized carbons (Fsp3) is 0.409. The van der Waals surface area contributed by atoms with Gasteiger partial charge >= 0.3 is 18.1 Å². The Morgan fingerprint density at radius 2 is 1.54 bits per heavy atom. The maximum Gasteiger partial charge on any atom is 0.490 e. The van der Waals surface area contributed by atoms with Crippen LogP contribution in [0, 0.1) is 0 Å². The molecule has 2 aromatic rings. The Kier molecular flexibility index (Phi) is 11.0. The number of carbonyl (C=O) groups is 2. The van der Waals surface area contributed by atoms with Crippen LogP contribution in [0.1, 0.15) is 49.5 Å². The van der Waals surface area contributed by atoms with Gasteiger partial charge in [0.05, 0.1) is 16.8 Å². The van der Waals surface area contributed by atoms with Gasteiger partial charge in [0.25, 0.3) is 10.0 Å². The van der Waals surface area contributed by atoms with Crippen molar-refractivity contribution >= 4 is 33.5 Å². The average molecular weight is 520 g/mol. The number of aliphatic carboxylic acids is 1. The van der Waals surface area contributed by atoms with Crippen molar-refractivity contribution in [3.05, 3.63) is 47.7 Å². The maximum atomic E-state index is 12.6. The molecule has 3 N–H and O–H groups in total. The molecule has 0 aliphatic heterocycles. The first-order valence-electron chi connectivity index (χ1n) is 10.7. The molecule has 1 heterocycles. The zero-order valence-electron chi connectivity index (χ0n) is 19.5. The van der Waals surface area contributed by atoms with Crippen LogP contribution in [0.4, 0.5) is 24.7 Å². The molecular formula is C22H28F3N3O6S. The summed E-state index contributed by atoms with van der Waals surface area (Å²) in [6.07, 6.45) is -1.21. The normalized spacial score (nSPS) is 11.3. The number of sulfonamides is 1. The van der Waals surface area contributed by atoms with Gasteiger partial charge in [-0.05, 0) is 43.0 Å². The fourth-order valence-electron chi connectivity index (χ4n) is 2.90. The van der Waals surface area contributed by atoms with Gasteiger partial charge in [-0.3, -0.25) is 4.72 Å². The molecule has 0 fully saturated rings. The molecular weight excluding hydrogens is 491 g/mol. The molecule has 0 spiro atoms. The van der Waals surface area contributed by atoms with Crippen LogP contribution in [0.25, 0.3) is 0 Å². The van der Waals surface area contributed by atoms with Crippen LogP contribution in [0.3, 0.4) is 0 Å². The van der Waals surface area contributed by atoms with Gasteiger partial charge in [0, 0.05) is 13.1 Å². The van der Waals surface area contributed by atoms with E-state index in [2.05, 4.69) is 9.71 Å². The number of rotatable bonds is 10. The van der Waals surface area contributed by atoms with E-state index in [4.69, 9.17) is 9.90 Å². The summed E-state index contributed by atoms with van der Waals surface area (Å²) in [5.74, 6) is -3.55. The second-order valence-electron chi connectivity index (χ2n) is 7.29. The van der Waals surface area contributed by atoms with E-state index in [0.29, 0.717) is 18.9 Å². The van der Waals surface area contributed by atoms with Crippen molar-refractivity contribution in [2.45, 2.75) is 51.1 Å². The molecule has 2 rings (SSSR count). The van der Waals surface area contributed by atoms with Crippen molar-refractivity contribution < 1.29 is 41.4 Å². The Balaban J connectivity index is 0.000000762. The van der Waals surface area contributed by atoms with Crippen molar-refractivity contribution in [3.63, 3.8) is 0 Å². The smallest absolute Gasteiger partial charge is 0.478 e. The molecule has 0 atom stereocenters. The summed E-state index contributed by atoms with van der Waals surface area (Å²) in [7, 11) is -3.83. The van der Waals surface area contributed by atoms with E-state index in [1.165, 1.54) is 24.4 Å². The molecule has 0 amide bonds. The third-order valence-corrected chi connectivity index (χ3v) is 5.92. The molecule has 0 aliphatic rings. The molecule has 9 nitrogen and oxygen atoms in total. The minimum Gasteiger partial charge on any atom is -0.478 e. The highest BCUT2D eigenvalue weighted by atomic mass is 32.2. The minimum absolute atomic E-state index is 0.0246. The maximum absolute atomic E-state index is 12.6. The van der Waals surface area contributed by atoms with Gasteiger partial charge < -0.3 is 15.1 Å². The number of pyridine rings is 1. The number of aromatic nitrogens is 1. The molecule has 1 aromatic heterocycles. The number of halogens is 3. The lowest BCUT2D eigenvalue weighted by Gasteiger charge is -2.24. The molecule has 194 valence electrons. The van der Waals surface area contributed by atoms with Crippen molar-refractivity contribution in [1.29, 1.82) is 0 Å². The van der Waals surface area contributed by atoms with Gasteiger partial charge in [-0.1, -0.05) is 32.9 Å². The Morgan fingerprint density at radius 3 is 1.94 bits per heavy atom. The average Bonchev–Trinajstić information content (AvgIpc) is 2.78. The van der Waals surface area contributed by atoms with E-state index in [9.17, 15) is 31.5 Å². The van der Waals surface area contributed by atoms with Crippen molar-refractivity contribution in [2.24, 2.45) is 0 Å². The highest BCUT2D eigenvalue weighted by molar-refractivity contribution is 7.92. The molecule has 0 aliphatic carbocycles. The zero-order chi connectivity index (χ0) is 26.8. The first kappa shape index (κ1) is 29.7. The van der Waals surface area contributed by atoms with Gasteiger partial charge in [0.15, 0.2) is 0 Å². The third kappa shape index (κ3) is 9.08. The van der Waals surface area contributed by atoms with Crippen LogP contribution >= 0.6 is 0 Å². The summed E-state index contributed by atoms with van der Waals surface area (Å²) in [5.41, 5.74) is 1.13. The lowest BCUT2D eigenvalue weighted by atomic mass is 10.2. The standard InChI is InChI=1S/C20H27N3O4S.C2HF3O2/c1-4-11-23(12-5-2)19-18(20(24)25)13-16(14-21-19)22-28(26,27)17-9-7-15(6-3)8-10-17;3-2(4,5)1(6)7/h7-10,13-14,22H,4-6,11-12H2,1-3H3,(H,24,25);(H,6,7). The quantitative estimate of drug-likeness (QED) is 0.420. The van der Waals surface area contributed by atoms with Crippen LogP contribution in [0.2, 0.25) is 0 Å². The molecule has 0 saturated carbocycles. The number of aromatic carboxylic acids is 1. The second-order valence-corrected chi connectivity index (χ2v) is 8.98. The molecule has 0 saturated heterocycles. The van der Waals surface area contributed by atoms with Crippen LogP contribution < -0.4 is 9.62 Å². The molecule has 0 bridgehead atoms. The fourth-order valence-corrected chi connectivity index (χ4v) is 3.94. The van der Waals surface area contributed by atoms with Crippen LogP contribution in [-0.4, -0.2) is 54.8 Å². The molecule has 0 radical (unpaired) electrons. The summed E-state index contributed by atoms with van der Waals surface area (Å²) < 4.78 is 59.4. The Labute approximate surface area is 201 Å². The third-order valence-electron chi connectivity index (χ3n) is 4.52. The van der Waals surface area contributed by atoms with Crippen molar-refractivity contribution in [1.82, 2.24) is 4.98 Å². The van der Waals surface area contributed by atoms with Gasteiger partial charge in [-0.2, -0.15) is 13.2 Å². The number of anilines is 2. The summed E-state index contributed by atoms with van der Waals surface area (Å²) in [6.45, 7) is 7.36. The Hall–Kier alpha value is -3.35. The van der Waals surface area contributed by atoms with Crippen LogP contribution in [-0.2, 0) is 21.2 Å². The first-order chi connectivity index (χ1) is 16.3. The number of carboxylic acid groups (broad SMARTS) is 2. The lowest BCUT2D eigenvalue weighted by molar-refractivity contribution is -0.192. The topological polar surface area (TPSA) is 137 Å². The molecule has 1 aromatic carbocycles. The second kappa shape index (κ2) is 12.9. The molecule has 0 unspecified atom stereocenters. The van der Waals surface area contributed by atoms with Crippen molar-refractivity contribution in [2.75, 3.05) is 22.7 Å². The van der Waals surface area contributed by atoms with Gasteiger partial charge in [-0.25, -0.2) is 23.0 Å². The van der Waals surface area contributed by atoms with Gasteiger partial charge in [0.1, 0.15) is 11.4 Å². The minimum atomic E-state index is -5.08. The highest BCUT2D eigenvalue weighted by Crippen LogP contribution is 2.24. The van der Waals surface area contributed by atoms with Gasteiger partial charge in [-0.15, -0.1) is 0 Å². The SMILES string of the molecule is CCCN(CCC)c1ncc(NS(=O)(=O)c2ccc(CC)cc2)cc1C(=O)O.O=C(O)C(F)(F)F. The van der Waals surface area contributed by atoms with E-state index in [1.807, 2.05) is 25.7 Å². The number of alkyl halides is 3. The first-order valence-corrected chi connectivity index (χ1v) is 12.1. The molecule has 13 heteroatoms. The lowest BCUT2D eigenvalue weighted by Crippen LogP contribution is -2.28. The van der Waals surface area contributed by atoms with Gasteiger partial charge in [0.2, 0.25) is 0 Å². The largest absolute Gasteiger partial charge is 0.490 e. The predicted octanol–water partition coefficient (Wildman–Crippen LogP) is 4.40. The van der Waals surface area contributed by atoms with Crippen LogP contribution in [0.5, 0.6) is 0 Å². The number of hydrogen-bond acceptors (Lipinski definition) is 6. The summed E-state index contributed by atoms with van der Waals surface area (Å²) >= 11 is 0. The Morgan fingerprint density at radius 1 is 1.03 bits per heavy atom. The monoisotopic (exact) mass is 519 g/mol. The highest BCUT2D eigenvalue weighted by Gasteiger charge is 2.38. The zero-order valence-corrected chi connectivity index (χ0v) is 20.3. The summed E-state index contributed by atoms with van der Waals surface area (Å²) in [4.78, 5) is 26.9. The van der Waals surface area contributed by atoms with E-state index in [0.717, 1.165) is 24.8 Å². The van der Waals surface area contributed by atoms with E-state index in [-0.39, 0.29) is 16.1 Å². The van der Waals surface area contributed by atoms with Crippen molar-refractivity contribution in [3.8, 4) is 0 Å². The number of nitrogens with zero attached hydrogens (tertiary/aromatic N) is 2. The van der Waals surface area contributed by atoms with Crippen LogP contribution in [0.15, 0.2) is 41.4 Å². The predicted molar refractivity (Wildman–Crippen MR) is 124 cm³/mol.